The number of para-hydroxylation sites is 1. The van der Waals surface area contributed by atoms with Crippen LogP contribution in [0, 0.1) is 6.85 Å². The molecule has 0 amide bonds. The van der Waals surface area contributed by atoms with Gasteiger partial charge in [-0.15, -0.1) is 0 Å². The maximum atomic E-state index is 12.9. The van der Waals surface area contributed by atoms with Crippen LogP contribution in [0.1, 0.15) is 163 Å². The second kappa shape index (κ2) is 18.5. The van der Waals surface area contributed by atoms with Gasteiger partial charge in [0.25, 0.3) is 0 Å². The van der Waals surface area contributed by atoms with E-state index in [-0.39, 0.29) is 28.0 Å². The lowest BCUT2D eigenvalue weighted by molar-refractivity contribution is 0.446. The summed E-state index contributed by atoms with van der Waals surface area (Å²) in [6, 6.07) is 29.4. The zero-order chi connectivity index (χ0) is 68.7. The quantitative estimate of drug-likeness (QED) is 0.173. The van der Waals surface area contributed by atoms with Crippen LogP contribution >= 0.6 is 0 Å². The number of imidazole rings is 1. The first-order valence-corrected chi connectivity index (χ1v) is 24.6. The standard InChI is InChI=1S/C69H75N3O/c1-43-35-56(46-27-31-51(32-28-46)66(5,6)7)61(42-55(43)45-21-18-17-19-22-45)72-60-24-20-23-54(62(60)71-64(72)57-40-53(68(11,12)13)41-58(63(57)73)69(14,15)16)48-36-49(38-52(37-48)67(8,9)10)59-39-47(33-34-70-59)44-25-29-50(30-26-44)65(2,3)4/h17-42,73H,1-16H3/i1D3,2D3,3D3,4D3,25D,26D,29D,30D,33D,34D,39D. The maximum absolute atomic E-state index is 12.9. The fourth-order valence-electron chi connectivity index (χ4n) is 9.13. The summed E-state index contributed by atoms with van der Waals surface area (Å²) in [6.45, 7) is 10.1. The molecule has 9 rings (SSSR count). The van der Waals surface area contributed by atoms with E-state index < -0.39 is 108 Å². The molecule has 7 aromatic carbocycles. The Morgan fingerprint density at radius 1 is 0.479 bits per heavy atom. The minimum Gasteiger partial charge on any atom is -0.507 e. The number of fused-ring (bicyclic) bond motifs is 1. The number of aromatic nitrogens is 3. The Hall–Kier alpha value is -7.04. The number of phenolic OH excluding ortho intramolecular Hbond substituents is 1. The van der Waals surface area contributed by atoms with Crippen molar-refractivity contribution in [2.24, 2.45) is 0 Å². The molecule has 2 aromatic heterocycles. The number of hydrogen-bond donors (Lipinski definition) is 1. The molecule has 0 unspecified atom stereocenters. The van der Waals surface area contributed by atoms with E-state index in [1.807, 2.05) is 143 Å². The Morgan fingerprint density at radius 3 is 1.75 bits per heavy atom. The molecule has 372 valence electrons. The van der Waals surface area contributed by atoms with Crippen molar-refractivity contribution in [2.45, 2.75) is 138 Å². The molecule has 0 saturated carbocycles. The van der Waals surface area contributed by atoms with Crippen LogP contribution in [-0.2, 0) is 27.1 Å². The van der Waals surface area contributed by atoms with Crippen molar-refractivity contribution in [2.75, 3.05) is 0 Å². The molecule has 0 aliphatic rings. The number of phenols is 1. The third-order valence-corrected chi connectivity index (χ3v) is 13.5. The Kier molecular flexibility index (Phi) is 8.15. The van der Waals surface area contributed by atoms with E-state index in [9.17, 15) is 9.22 Å². The average Bonchev–Trinajstić information content (AvgIpc) is 0.931. The minimum atomic E-state index is -3.95. The van der Waals surface area contributed by atoms with Crippen molar-refractivity contribution >= 4 is 11.0 Å². The third-order valence-electron chi connectivity index (χ3n) is 13.5. The van der Waals surface area contributed by atoms with Crippen LogP contribution in [0.25, 0.3) is 83.9 Å². The number of nitrogens with zero attached hydrogens (tertiary/aromatic N) is 3. The molecule has 0 radical (unpaired) electrons. The van der Waals surface area contributed by atoms with Gasteiger partial charge in [0.15, 0.2) is 0 Å². The monoisotopic (exact) mass is 981 g/mol. The van der Waals surface area contributed by atoms with E-state index in [2.05, 4.69) is 46.5 Å². The van der Waals surface area contributed by atoms with Crippen LogP contribution in [0.2, 0.25) is 0 Å². The molecule has 0 saturated heterocycles. The van der Waals surface area contributed by atoms with Gasteiger partial charge in [-0.05, 0) is 144 Å². The lowest BCUT2D eigenvalue weighted by Crippen LogP contribution is -2.17. The van der Waals surface area contributed by atoms with Crippen LogP contribution in [0.5, 0.6) is 5.75 Å². The molecule has 0 aliphatic carbocycles. The maximum Gasteiger partial charge on any atom is 0.149 e. The molecular weight excluding hydrogens is 887 g/mol. The van der Waals surface area contributed by atoms with Crippen molar-refractivity contribution in [1.29, 1.82) is 0 Å². The average molecular weight is 981 g/mol. The first-order chi connectivity index (χ1) is 42.0. The van der Waals surface area contributed by atoms with Crippen molar-refractivity contribution in [3.05, 3.63) is 191 Å². The second-order valence-corrected chi connectivity index (χ2v) is 23.2. The van der Waals surface area contributed by atoms with Crippen molar-refractivity contribution < 1.29 is 31.2 Å². The van der Waals surface area contributed by atoms with Crippen molar-refractivity contribution in [1.82, 2.24) is 14.5 Å². The predicted octanol–water partition coefficient (Wildman–Crippen LogP) is 18.9. The number of benzene rings is 7. The van der Waals surface area contributed by atoms with Gasteiger partial charge in [-0.25, -0.2) is 4.98 Å². The van der Waals surface area contributed by atoms with E-state index in [0.29, 0.717) is 72.6 Å². The highest BCUT2D eigenvalue weighted by atomic mass is 16.3. The second-order valence-electron chi connectivity index (χ2n) is 23.2. The summed E-state index contributed by atoms with van der Waals surface area (Å²) in [5.41, 5.74) is -0.0899. The van der Waals surface area contributed by atoms with Crippen LogP contribution in [0.4, 0.5) is 0 Å². The Bertz CT molecular complexity index is 4330. The zero-order valence-corrected chi connectivity index (χ0v) is 43.8. The van der Waals surface area contributed by atoms with Gasteiger partial charge in [0.1, 0.15) is 11.6 Å². The molecule has 0 spiro atoms. The van der Waals surface area contributed by atoms with Crippen LogP contribution in [0.15, 0.2) is 158 Å². The van der Waals surface area contributed by atoms with Gasteiger partial charge < -0.3 is 5.11 Å². The molecule has 0 bridgehead atoms. The van der Waals surface area contributed by atoms with Gasteiger partial charge in [-0.3, -0.25) is 9.55 Å². The summed E-state index contributed by atoms with van der Waals surface area (Å²) in [7, 11) is 0. The van der Waals surface area contributed by atoms with Gasteiger partial charge in [0.2, 0.25) is 0 Å². The summed E-state index contributed by atoms with van der Waals surface area (Å²) in [4.78, 5) is 10.0. The molecule has 9 aromatic rings. The molecule has 4 heteroatoms. The van der Waals surface area contributed by atoms with Gasteiger partial charge in [-0.2, -0.15) is 0 Å². The lowest BCUT2D eigenvalue weighted by atomic mass is 9.79. The fraction of sp³-hybridized carbons (Fsp3) is 0.304. The third kappa shape index (κ3) is 10.2. The minimum absolute atomic E-state index is 0.0180. The summed E-state index contributed by atoms with van der Waals surface area (Å²) in [5.74, 6) is 0.293. The van der Waals surface area contributed by atoms with Gasteiger partial charge in [-0.1, -0.05) is 207 Å². The van der Waals surface area contributed by atoms with Crippen LogP contribution in [-0.4, -0.2) is 19.6 Å². The fourth-order valence-corrected chi connectivity index (χ4v) is 9.13. The first-order valence-electron chi connectivity index (χ1n) is 34.1. The topological polar surface area (TPSA) is 50.9 Å². The molecular formula is C69H75N3O. The van der Waals surface area contributed by atoms with Crippen LogP contribution in [0.3, 0.4) is 0 Å². The van der Waals surface area contributed by atoms with Gasteiger partial charge in [0.05, 0.1) is 37.6 Å². The van der Waals surface area contributed by atoms with E-state index in [0.717, 1.165) is 11.1 Å². The molecule has 2 heterocycles. The molecule has 4 nitrogen and oxygen atoms in total. The number of aromatic hydroxyl groups is 1. The number of rotatable bonds is 7. The number of aryl methyl sites for hydroxylation is 1. The summed E-state index contributed by atoms with van der Waals surface area (Å²) >= 11 is 0. The van der Waals surface area contributed by atoms with E-state index >= 15 is 0 Å². The highest BCUT2D eigenvalue weighted by Gasteiger charge is 2.30. The first kappa shape index (κ1) is 32.2. The Balaban J connectivity index is 1.41. The summed E-state index contributed by atoms with van der Waals surface area (Å²) < 4.78 is 169. The van der Waals surface area contributed by atoms with Gasteiger partial charge in [0, 0.05) is 44.9 Å². The number of hydrogen-bond acceptors (Lipinski definition) is 3. The SMILES string of the molecule is [2H]c1nc(-c2cc(-c3cccc4c3nc(-c3cc(C(C)(C)C)cc(C(C)(C)C)c3O)n4-c3cc(-c4ccccc4)c(C([2H])([2H])[2H])cc3-c3ccc(C(C)(C)C)cc3)cc(C(C)(C)C)c2)c([2H])c(-c2c([2H])c([2H])c(C(C([2H])([2H])[2H])(C([2H])([2H])[2H])C([2H])([2H])[2H])c([2H])c2[2H])c1[2H]. The van der Waals surface area contributed by atoms with E-state index in [4.69, 9.17) is 26.9 Å². The Morgan fingerprint density at radius 2 is 1.12 bits per heavy atom. The van der Waals surface area contributed by atoms with E-state index in [1.165, 1.54) is 0 Å². The highest BCUT2D eigenvalue weighted by molar-refractivity contribution is 5.98. The lowest BCUT2D eigenvalue weighted by Gasteiger charge is -2.28. The Labute approximate surface area is 463 Å². The van der Waals surface area contributed by atoms with Crippen LogP contribution < -0.4 is 0 Å². The molecule has 0 atom stereocenters. The molecule has 0 fully saturated rings. The molecule has 1 N–H and O–H groups in total. The predicted molar refractivity (Wildman–Crippen MR) is 311 cm³/mol. The van der Waals surface area contributed by atoms with Gasteiger partial charge >= 0.3 is 0 Å². The number of pyridine rings is 1. The largest absolute Gasteiger partial charge is 0.507 e. The summed E-state index contributed by atoms with van der Waals surface area (Å²) in [6.07, 6.45) is -0.767. The van der Waals surface area contributed by atoms with Crippen molar-refractivity contribution in [3.63, 3.8) is 0 Å². The summed E-state index contributed by atoms with van der Waals surface area (Å²) in [5, 5.41) is 12.9. The van der Waals surface area contributed by atoms with Crippen molar-refractivity contribution in [3.8, 4) is 78.6 Å². The zero-order valence-electron chi connectivity index (χ0n) is 62.8. The normalized spacial score (nSPS) is 17.2. The highest BCUT2D eigenvalue weighted by Crippen LogP contribution is 2.47. The molecule has 0 aliphatic heterocycles. The van der Waals surface area contributed by atoms with E-state index in [1.54, 1.807) is 18.2 Å². The molecule has 73 heavy (non-hydrogen) atoms. The smallest absolute Gasteiger partial charge is 0.149 e.